The Labute approximate surface area is 205 Å². The number of methoxy groups -OCH3 is 1. The molecule has 0 spiro atoms. The third kappa shape index (κ3) is 7.52. The number of aryl methyl sites for hydroxylation is 2. The molecule has 3 rings (SSSR count). The molecule has 0 aliphatic heterocycles. The van der Waals surface area contributed by atoms with Gasteiger partial charge in [0.25, 0.3) is 5.56 Å². The molecular formula is C26H38N2O3S2. The maximum atomic E-state index is 12.3. The molecule has 2 aromatic heterocycles. The number of pyridine rings is 1. The van der Waals surface area contributed by atoms with Gasteiger partial charge in [-0.2, -0.15) is 0 Å². The Morgan fingerprint density at radius 1 is 1.06 bits per heavy atom. The minimum absolute atomic E-state index is 0.0678. The monoisotopic (exact) mass is 490 g/mol. The van der Waals surface area contributed by atoms with Crippen molar-refractivity contribution in [1.29, 1.82) is 0 Å². The van der Waals surface area contributed by atoms with E-state index in [9.17, 15) is 9.00 Å². The predicted octanol–water partition coefficient (Wildman–Crippen LogP) is 6.02. The third-order valence-electron chi connectivity index (χ3n) is 5.50. The van der Waals surface area contributed by atoms with E-state index < -0.39 is 11.0 Å². The Hall–Kier alpha value is -1.96. The molecule has 3 aromatic rings. The van der Waals surface area contributed by atoms with Gasteiger partial charge in [0.1, 0.15) is 5.75 Å². The van der Waals surface area contributed by atoms with Crippen molar-refractivity contribution in [2.24, 2.45) is 7.05 Å². The van der Waals surface area contributed by atoms with Crippen molar-refractivity contribution in [1.82, 2.24) is 8.87 Å². The Bertz CT molecular complexity index is 1090. The first-order chi connectivity index (χ1) is 15.9. The van der Waals surface area contributed by atoms with Crippen molar-refractivity contribution in [3.8, 4) is 16.9 Å². The SMILES string of the molecule is CCCCCN(CCC)S(C)=O.CCc1cc2c(=O)n(C)cc(-c3ccc(OC)cc3)c2s1. The fourth-order valence-corrected chi connectivity index (χ4v) is 5.55. The van der Waals surface area contributed by atoms with Crippen LogP contribution in [-0.4, -0.2) is 39.5 Å². The Balaban J connectivity index is 0.000000277. The van der Waals surface area contributed by atoms with Crippen LogP contribution in [0.5, 0.6) is 5.75 Å². The van der Waals surface area contributed by atoms with Gasteiger partial charge in [0, 0.05) is 47.7 Å². The number of unbranched alkanes of at least 4 members (excludes halogenated alkanes) is 2. The molecule has 0 radical (unpaired) electrons. The summed E-state index contributed by atoms with van der Waals surface area (Å²) in [6, 6.07) is 9.98. The summed E-state index contributed by atoms with van der Waals surface area (Å²) in [6.45, 7) is 8.38. The highest BCUT2D eigenvalue weighted by molar-refractivity contribution is 7.81. The van der Waals surface area contributed by atoms with Gasteiger partial charge < -0.3 is 9.30 Å². The molecule has 0 fully saturated rings. The summed E-state index contributed by atoms with van der Waals surface area (Å²) in [5, 5.41) is 0.813. The molecule has 5 nitrogen and oxygen atoms in total. The van der Waals surface area contributed by atoms with Crippen LogP contribution in [0.4, 0.5) is 0 Å². The van der Waals surface area contributed by atoms with Crippen molar-refractivity contribution in [2.75, 3.05) is 26.5 Å². The molecule has 0 N–H and O–H groups in total. The van der Waals surface area contributed by atoms with Crippen LogP contribution in [0.15, 0.2) is 41.3 Å². The minimum Gasteiger partial charge on any atom is -0.497 e. The molecule has 182 valence electrons. The zero-order chi connectivity index (χ0) is 24.4. The van der Waals surface area contributed by atoms with Gasteiger partial charge in [0.2, 0.25) is 0 Å². The number of hydrogen-bond donors (Lipinski definition) is 0. The largest absolute Gasteiger partial charge is 0.497 e. The predicted molar refractivity (Wildman–Crippen MR) is 144 cm³/mol. The van der Waals surface area contributed by atoms with E-state index in [-0.39, 0.29) is 5.56 Å². The average molecular weight is 491 g/mol. The first kappa shape index (κ1) is 27.3. The molecule has 1 aromatic carbocycles. The first-order valence-corrected chi connectivity index (χ1v) is 14.0. The van der Waals surface area contributed by atoms with Crippen LogP contribution < -0.4 is 10.3 Å². The second-order valence-corrected chi connectivity index (χ2v) is 10.6. The number of benzene rings is 1. The normalized spacial score (nSPS) is 12.0. The van der Waals surface area contributed by atoms with E-state index in [1.165, 1.54) is 24.1 Å². The zero-order valence-electron chi connectivity index (χ0n) is 20.8. The molecule has 33 heavy (non-hydrogen) atoms. The lowest BCUT2D eigenvalue weighted by molar-refractivity contribution is 0.415. The van der Waals surface area contributed by atoms with Crippen molar-refractivity contribution < 1.29 is 8.95 Å². The fraction of sp³-hybridized carbons (Fsp3) is 0.500. The van der Waals surface area contributed by atoms with Gasteiger partial charge in [-0.25, -0.2) is 8.51 Å². The summed E-state index contributed by atoms with van der Waals surface area (Å²) < 4.78 is 21.2. The number of fused-ring (bicyclic) bond motifs is 1. The van der Waals surface area contributed by atoms with Crippen LogP contribution in [0.3, 0.4) is 0 Å². The topological polar surface area (TPSA) is 51.5 Å². The third-order valence-corrected chi connectivity index (χ3v) is 7.90. The Kier molecular flexibility index (Phi) is 11.3. The second-order valence-electron chi connectivity index (χ2n) is 8.06. The van der Waals surface area contributed by atoms with Gasteiger partial charge in [0.15, 0.2) is 0 Å². The molecule has 0 amide bonds. The number of thiophene rings is 1. The molecule has 0 aliphatic carbocycles. The van der Waals surface area contributed by atoms with E-state index >= 15 is 0 Å². The van der Waals surface area contributed by atoms with Gasteiger partial charge in [-0.05, 0) is 43.0 Å². The number of ether oxygens (including phenoxy) is 1. The first-order valence-electron chi connectivity index (χ1n) is 11.7. The summed E-state index contributed by atoms with van der Waals surface area (Å²) >= 11 is 1.71. The molecule has 2 heterocycles. The maximum Gasteiger partial charge on any atom is 0.259 e. The maximum absolute atomic E-state index is 12.3. The van der Waals surface area contributed by atoms with Gasteiger partial charge in [-0.1, -0.05) is 45.7 Å². The van der Waals surface area contributed by atoms with Crippen LogP contribution in [0.25, 0.3) is 21.2 Å². The number of rotatable bonds is 10. The van der Waals surface area contributed by atoms with E-state index in [0.717, 1.165) is 52.9 Å². The van der Waals surface area contributed by atoms with E-state index in [1.807, 2.05) is 36.5 Å². The van der Waals surface area contributed by atoms with E-state index in [1.54, 1.807) is 36.3 Å². The zero-order valence-corrected chi connectivity index (χ0v) is 22.5. The molecule has 7 heteroatoms. The van der Waals surface area contributed by atoms with E-state index in [2.05, 4.69) is 25.1 Å². The minimum atomic E-state index is -0.773. The molecule has 0 aliphatic rings. The van der Waals surface area contributed by atoms with E-state index in [4.69, 9.17) is 4.74 Å². The highest BCUT2D eigenvalue weighted by atomic mass is 32.2. The molecule has 1 unspecified atom stereocenters. The average Bonchev–Trinajstić information content (AvgIpc) is 3.26. The molecule has 0 bridgehead atoms. The lowest BCUT2D eigenvalue weighted by atomic mass is 10.1. The van der Waals surface area contributed by atoms with Crippen molar-refractivity contribution in [3.05, 3.63) is 51.8 Å². The van der Waals surface area contributed by atoms with Crippen molar-refractivity contribution >= 4 is 32.4 Å². The van der Waals surface area contributed by atoms with Gasteiger partial charge in [0.05, 0.1) is 23.5 Å². The summed E-state index contributed by atoms with van der Waals surface area (Å²) in [6.07, 6.45) is 9.38. The Morgan fingerprint density at radius 3 is 2.30 bits per heavy atom. The summed E-state index contributed by atoms with van der Waals surface area (Å²) in [4.78, 5) is 13.5. The van der Waals surface area contributed by atoms with Crippen molar-refractivity contribution in [2.45, 2.75) is 52.9 Å². The lowest BCUT2D eigenvalue weighted by Crippen LogP contribution is -2.27. The molecule has 1 atom stereocenters. The van der Waals surface area contributed by atoms with Crippen LogP contribution in [0, 0.1) is 0 Å². The summed E-state index contributed by atoms with van der Waals surface area (Å²) in [5.74, 6) is 0.834. The van der Waals surface area contributed by atoms with Crippen LogP contribution in [0.1, 0.15) is 51.3 Å². The van der Waals surface area contributed by atoms with Crippen LogP contribution in [-0.2, 0) is 24.5 Å². The second kappa shape index (κ2) is 13.7. The fourth-order valence-electron chi connectivity index (χ4n) is 3.61. The van der Waals surface area contributed by atoms with Crippen LogP contribution >= 0.6 is 11.3 Å². The quantitative estimate of drug-likeness (QED) is 0.327. The van der Waals surface area contributed by atoms with E-state index in [0.29, 0.717) is 0 Å². The summed E-state index contributed by atoms with van der Waals surface area (Å²) in [7, 11) is 2.69. The molecule has 0 saturated carbocycles. The smallest absolute Gasteiger partial charge is 0.259 e. The molecular weight excluding hydrogens is 452 g/mol. The number of nitrogens with zero attached hydrogens (tertiary/aromatic N) is 2. The van der Waals surface area contributed by atoms with Gasteiger partial charge >= 0.3 is 0 Å². The van der Waals surface area contributed by atoms with Gasteiger partial charge in [-0.3, -0.25) is 4.79 Å². The van der Waals surface area contributed by atoms with Crippen molar-refractivity contribution in [3.63, 3.8) is 0 Å². The van der Waals surface area contributed by atoms with Crippen LogP contribution in [0.2, 0.25) is 0 Å². The lowest BCUT2D eigenvalue weighted by Gasteiger charge is -2.17. The number of aromatic nitrogens is 1. The Morgan fingerprint density at radius 2 is 1.76 bits per heavy atom. The highest BCUT2D eigenvalue weighted by Crippen LogP contribution is 2.34. The highest BCUT2D eigenvalue weighted by Gasteiger charge is 2.12. The standard InChI is InChI=1S/C17H17NO2S.C9H21NOS/c1-4-13-9-14-16(21-13)15(10-18(2)17(14)19)11-5-7-12(20-3)8-6-11;1-4-6-7-9-10(8-5-2)12(3)11/h5-10H,4H2,1-3H3;4-9H2,1-3H3. The molecule has 0 saturated heterocycles. The summed E-state index contributed by atoms with van der Waals surface area (Å²) in [5.41, 5.74) is 2.26. The number of hydrogen-bond acceptors (Lipinski definition) is 4. The van der Waals surface area contributed by atoms with Gasteiger partial charge in [-0.15, -0.1) is 11.3 Å².